The summed E-state index contributed by atoms with van der Waals surface area (Å²) in [7, 11) is 1.70. The Bertz CT molecular complexity index is 612. The van der Waals surface area contributed by atoms with Gasteiger partial charge in [-0.2, -0.15) is 13.2 Å². The number of thiophene rings is 1. The van der Waals surface area contributed by atoms with Crippen molar-refractivity contribution in [2.45, 2.75) is 12.2 Å². The fraction of sp³-hybridized carbons (Fsp3) is 0.231. The summed E-state index contributed by atoms with van der Waals surface area (Å²) in [6.45, 7) is 0. The van der Waals surface area contributed by atoms with E-state index >= 15 is 0 Å². The van der Waals surface area contributed by atoms with Gasteiger partial charge < -0.3 is 5.32 Å². The molecule has 2 rings (SSSR count). The van der Waals surface area contributed by atoms with Gasteiger partial charge >= 0.3 is 6.18 Å². The molecule has 0 bridgehead atoms. The van der Waals surface area contributed by atoms with Crippen LogP contribution in [0.15, 0.2) is 34.8 Å². The zero-order valence-corrected chi connectivity index (χ0v) is 13.4. The molecule has 0 fully saturated rings. The number of rotatable bonds is 3. The van der Waals surface area contributed by atoms with Gasteiger partial charge in [-0.15, -0.1) is 11.3 Å². The molecule has 7 heteroatoms. The normalized spacial score (nSPS) is 13.5. The average Bonchev–Trinajstić information content (AvgIpc) is 2.77. The van der Waals surface area contributed by atoms with Crippen molar-refractivity contribution in [3.8, 4) is 0 Å². The molecular formula is C13H10BrClF3NS. The summed E-state index contributed by atoms with van der Waals surface area (Å²) in [5.41, 5.74) is -0.139. The number of halogens is 5. The van der Waals surface area contributed by atoms with Crippen LogP contribution in [0.4, 0.5) is 13.2 Å². The molecule has 0 saturated heterocycles. The summed E-state index contributed by atoms with van der Waals surface area (Å²) in [4.78, 5) is 0.859. The molecule has 0 spiro atoms. The maximum atomic E-state index is 12.8. The van der Waals surface area contributed by atoms with Crippen LogP contribution in [0, 0.1) is 0 Å². The Morgan fingerprint density at radius 3 is 2.45 bits per heavy atom. The van der Waals surface area contributed by atoms with Gasteiger partial charge in [-0.25, -0.2) is 0 Å². The molecule has 0 radical (unpaired) electrons. The zero-order valence-electron chi connectivity index (χ0n) is 10.3. The fourth-order valence-corrected chi connectivity index (χ4v) is 3.54. The molecule has 1 unspecified atom stereocenters. The molecule has 0 aliphatic heterocycles. The third kappa shape index (κ3) is 3.36. The van der Waals surface area contributed by atoms with Crippen molar-refractivity contribution in [1.29, 1.82) is 0 Å². The minimum atomic E-state index is -4.36. The lowest BCUT2D eigenvalue weighted by Crippen LogP contribution is -2.18. The van der Waals surface area contributed by atoms with Crippen LogP contribution in [0.2, 0.25) is 4.34 Å². The van der Waals surface area contributed by atoms with E-state index in [1.54, 1.807) is 19.2 Å². The fourth-order valence-electron chi connectivity index (χ4n) is 1.88. The number of hydrogen-bond donors (Lipinski definition) is 1. The molecule has 0 saturated carbocycles. The van der Waals surface area contributed by atoms with Crippen LogP contribution in [-0.2, 0) is 6.18 Å². The summed E-state index contributed by atoms with van der Waals surface area (Å²) in [6, 6.07) is 6.82. The van der Waals surface area contributed by atoms with E-state index in [2.05, 4.69) is 21.2 Å². The predicted octanol–water partition coefficient (Wildman–Crippen LogP) is 5.49. The van der Waals surface area contributed by atoms with E-state index < -0.39 is 11.7 Å². The number of hydrogen-bond acceptors (Lipinski definition) is 2. The number of nitrogens with one attached hydrogen (secondary N) is 1. The first-order valence-corrected chi connectivity index (χ1v) is 7.61. The quantitative estimate of drug-likeness (QED) is 0.737. The predicted molar refractivity (Wildman–Crippen MR) is 79.4 cm³/mol. The molecule has 1 nitrogen and oxygen atoms in total. The zero-order chi connectivity index (χ0) is 14.9. The number of alkyl halides is 3. The highest BCUT2D eigenvalue weighted by Crippen LogP contribution is 2.37. The third-order valence-electron chi connectivity index (χ3n) is 2.80. The molecule has 108 valence electrons. The van der Waals surface area contributed by atoms with Gasteiger partial charge in [0.15, 0.2) is 0 Å². The molecule has 0 aliphatic carbocycles. The second-order valence-electron chi connectivity index (χ2n) is 4.10. The van der Waals surface area contributed by atoms with Gasteiger partial charge in [-0.1, -0.05) is 27.5 Å². The van der Waals surface area contributed by atoms with E-state index in [1.165, 1.54) is 17.4 Å². The topological polar surface area (TPSA) is 12.0 Å². The van der Waals surface area contributed by atoms with Crippen molar-refractivity contribution in [2.75, 3.05) is 7.05 Å². The lowest BCUT2D eigenvalue weighted by Gasteiger charge is -2.18. The SMILES string of the molecule is CNC(c1ccc(Cl)s1)c1cc(C(F)(F)F)ccc1Br. The lowest BCUT2D eigenvalue weighted by molar-refractivity contribution is -0.137. The van der Waals surface area contributed by atoms with Crippen LogP contribution in [0.5, 0.6) is 0 Å². The molecule has 0 amide bonds. The second-order valence-corrected chi connectivity index (χ2v) is 6.70. The minimum Gasteiger partial charge on any atom is -0.309 e. The van der Waals surface area contributed by atoms with Crippen molar-refractivity contribution in [3.05, 3.63) is 55.1 Å². The molecule has 1 heterocycles. The summed E-state index contributed by atoms with van der Waals surface area (Å²) in [5.74, 6) is 0. The molecule has 1 N–H and O–H groups in total. The standard InChI is InChI=1S/C13H10BrClF3NS/c1-19-12(10-4-5-11(15)20-10)8-6-7(13(16,17)18)2-3-9(8)14/h2-6,12,19H,1H3. The van der Waals surface area contributed by atoms with Gasteiger partial charge in [0, 0.05) is 9.35 Å². The van der Waals surface area contributed by atoms with Crippen LogP contribution >= 0.6 is 38.9 Å². The van der Waals surface area contributed by atoms with Gasteiger partial charge in [-0.3, -0.25) is 0 Å². The van der Waals surface area contributed by atoms with Crippen molar-refractivity contribution >= 4 is 38.9 Å². The van der Waals surface area contributed by atoms with Crippen molar-refractivity contribution in [2.24, 2.45) is 0 Å². The van der Waals surface area contributed by atoms with Crippen LogP contribution in [0.25, 0.3) is 0 Å². The molecule has 2 aromatic rings. The molecular weight excluding hydrogens is 375 g/mol. The first kappa shape index (κ1) is 15.8. The molecule has 1 aromatic heterocycles. The smallest absolute Gasteiger partial charge is 0.309 e. The Hall–Kier alpha value is -0.560. The maximum Gasteiger partial charge on any atom is 0.416 e. The second kappa shape index (κ2) is 6.05. The van der Waals surface area contributed by atoms with Gasteiger partial charge in [-0.05, 0) is 42.9 Å². The van der Waals surface area contributed by atoms with E-state index in [0.717, 1.165) is 17.0 Å². The van der Waals surface area contributed by atoms with E-state index in [4.69, 9.17) is 11.6 Å². The molecule has 20 heavy (non-hydrogen) atoms. The summed E-state index contributed by atoms with van der Waals surface area (Å²) in [5, 5.41) is 3.02. The van der Waals surface area contributed by atoms with Crippen LogP contribution in [-0.4, -0.2) is 7.05 Å². The minimum absolute atomic E-state index is 0.343. The van der Waals surface area contributed by atoms with Gasteiger partial charge in [0.25, 0.3) is 0 Å². The molecule has 1 aromatic carbocycles. The monoisotopic (exact) mass is 383 g/mol. The van der Waals surface area contributed by atoms with Crippen LogP contribution < -0.4 is 5.32 Å². The Morgan fingerprint density at radius 2 is 1.95 bits per heavy atom. The summed E-state index contributed by atoms with van der Waals surface area (Å²) >= 11 is 10.5. The van der Waals surface area contributed by atoms with Crippen LogP contribution in [0.1, 0.15) is 22.0 Å². The highest BCUT2D eigenvalue weighted by molar-refractivity contribution is 9.10. The van der Waals surface area contributed by atoms with E-state index in [-0.39, 0.29) is 6.04 Å². The number of benzene rings is 1. The highest BCUT2D eigenvalue weighted by Gasteiger charge is 2.32. The highest BCUT2D eigenvalue weighted by atomic mass is 79.9. The van der Waals surface area contributed by atoms with Crippen LogP contribution in [0.3, 0.4) is 0 Å². The summed E-state index contributed by atoms with van der Waals surface area (Å²) < 4.78 is 39.7. The Labute approximate surface area is 131 Å². The summed E-state index contributed by atoms with van der Waals surface area (Å²) in [6.07, 6.45) is -4.36. The van der Waals surface area contributed by atoms with E-state index in [9.17, 15) is 13.2 Å². The van der Waals surface area contributed by atoms with Crippen molar-refractivity contribution < 1.29 is 13.2 Å². The molecule has 0 aliphatic rings. The van der Waals surface area contributed by atoms with Gasteiger partial charge in [0.2, 0.25) is 0 Å². The maximum absolute atomic E-state index is 12.8. The van der Waals surface area contributed by atoms with Gasteiger partial charge in [0.05, 0.1) is 15.9 Å². The third-order valence-corrected chi connectivity index (χ3v) is 4.82. The van der Waals surface area contributed by atoms with E-state index in [1.807, 2.05) is 0 Å². The lowest BCUT2D eigenvalue weighted by atomic mass is 10.0. The van der Waals surface area contributed by atoms with Crippen molar-refractivity contribution in [1.82, 2.24) is 5.32 Å². The van der Waals surface area contributed by atoms with E-state index in [0.29, 0.717) is 14.4 Å². The van der Waals surface area contributed by atoms with Gasteiger partial charge in [0.1, 0.15) is 0 Å². The first-order valence-electron chi connectivity index (χ1n) is 5.62. The Balaban J connectivity index is 2.49. The Kier molecular flexibility index (Phi) is 4.79. The van der Waals surface area contributed by atoms with Crippen molar-refractivity contribution in [3.63, 3.8) is 0 Å². The Morgan fingerprint density at radius 1 is 1.25 bits per heavy atom. The molecule has 1 atom stereocenters. The average molecular weight is 385 g/mol. The largest absolute Gasteiger partial charge is 0.416 e. The first-order chi connectivity index (χ1) is 9.32.